The summed E-state index contributed by atoms with van der Waals surface area (Å²) >= 11 is 0. The van der Waals surface area contributed by atoms with Crippen molar-refractivity contribution >= 4 is 15.9 Å². The topological polar surface area (TPSA) is 54.5 Å². The largest absolute Gasteiger partial charge is 0.273 e. The van der Waals surface area contributed by atoms with E-state index in [1.54, 1.807) is 24.3 Å². The molecular weight excluding hydrogens is 346 g/mol. The van der Waals surface area contributed by atoms with Crippen LogP contribution in [0.15, 0.2) is 71.6 Å². The summed E-state index contributed by atoms with van der Waals surface area (Å²) in [5.41, 5.74) is 1.79. The van der Waals surface area contributed by atoms with Crippen LogP contribution in [0.1, 0.15) is 31.0 Å². The van der Waals surface area contributed by atoms with Crippen LogP contribution in [0.2, 0.25) is 0 Å². The molecule has 5 heteroatoms. The lowest BCUT2D eigenvalue weighted by Crippen LogP contribution is -2.56. The number of allylic oxidation sites excluding steroid dienone is 1. The molecule has 2 aromatic rings. The fourth-order valence-electron chi connectivity index (χ4n) is 3.10. The van der Waals surface area contributed by atoms with Crippen molar-refractivity contribution < 1.29 is 13.2 Å². The maximum absolute atomic E-state index is 13.1. The molecule has 1 aliphatic rings. The molecule has 0 radical (unpaired) electrons. The van der Waals surface area contributed by atoms with Gasteiger partial charge in [0.1, 0.15) is 0 Å². The van der Waals surface area contributed by atoms with Crippen LogP contribution >= 0.6 is 0 Å². The lowest BCUT2D eigenvalue weighted by molar-refractivity contribution is -0.143. The van der Waals surface area contributed by atoms with Crippen LogP contribution in [0.25, 0.3) is 0 Å². The van der Waals surface area contributed by atoms with Gasteiger partial charge in [0.15, 0.2) is 0 Å². The van der Waals surface area contributed by atoms with E-state index in [9.17, 15) is 13.2 Å². The van der Waals surface area contributed by atoms with Gasteiger partial charge in [0.2, 0.25) is 5.91 Å². The Morgan fingerprint density at radius 2 is 1.62 bits per heavy atom. The lowest BCUT2D eigenvalue weighted by Gasteiger charge is -2.45. The third-order valence-electron chi connectivity index (χ3n) is 4.52. The predicted molar refractivity (Wildman–Crippen MR) is 102 cm³/mol. The maximum atomic E-state index is 13.1. The van der Waals surface area contributed by atoms with Gasteiger partial charge in [0.05, 0.1) is 16.9 Å². The van der Waals surface area contributed by atoms with E-state index in [1.165, 1.54) is 0 Å². The quantitative estimate of drug-likeness (QED) is 0.589. The summed E-state index contributed by atoms with van der Waals surface area (Å²) in [4.78, 5) is 12.9. The van der Waals surface area contributed by atoms with Crippen LogP contribution in [0.5, 0.6) is 0 Å². The second-order valence-electron chi connectivity index (χ2n) is 6.96. The molecule has 3 rings (SSSR count). The Bertz CT molecular complexity index is 915. The van der Waals surface area contributed by atoms with Crippen LogP contribution in [-0.4, -0.2) is 18.6 Å². The number of rotatable bonds is 5. The molecule has 26 heavy (non-hydrogen) atoms. The molecule has 0 aromatic heterocycles. The van der Waals surface area contributed by atoms with Gasteiger partial charge in [0, 0.05) is 0 Å². The number of hydrogen-bond donors (Lipinski definition) is 0. The molecule has 1 heterocycles. The normalized spacial score (nSPS) is 20.6. The summed E-state index contributed by atoms with van der Waals surface area (Å²) in [5.74, 6) is -0.543. The van der Waals surface area contributed by atoms with Gasteiger partial charge >= 0.3 is 0 Å². The summed E-state index contributed by atoms with van der Waals surface area (Å²) in [6.07, 6.45) is 3.79. The first-order valence-corrected chi connectivity index (χ1v) is 10.1. The Morgan fingerprint density at radius 3 is 2.19 bits per heavy atom. The lowest BCUT2D eigenvalue weighted by atomic mass is 9.84. The number of carbonyl (C=O) groups is 1. The number of amides is 1. The third-order valence-corrected chi connectivity index (χ3v) is 6.31. The fraction of sp³-hybridized carbons (Fsp3) is 0.286. The number of hydrogen-bond acceptors (Lipinski definition) is 3. The number of nitrogens with zero attached hydrogens (tertiary/aromatic N) is 1. The van der Waals surface area contributed by atoms with Gasteiger partial charge in [-0.05, 0) is 30.5 Å². The smallest absolute Gasteiger partial charge is 0.267 e. The monoisotopic (exact) mass is 369 g/mol. The fourth-order valence-corrected chi connectivity index (χ4v) is 4.71. The van der Waals surface area contributed by atoms with Crippen molar-refractivity contribution in [2.45, 2.75) is 31.7 Å². The number of aryl methyl sites for hydroxylation is 1. The summed E-state index contributed by atoms with van der Waals surface area (Å²) in [7, 11) is -3.89. The predicted octanol–water partition coefficient (Wildman–Crippen LogP) is 4.10. The Balaban J connectivity index is 2.02. The van der Waals surface area contributed by atoms with Gasteiger partial charge in [0.25, 0.3) is 10.0 Å². The molecule has 1 saturated heterocycles. The zero-order chi connectivity index (χ0) is 18.9. The molecule has 136 valence electrons. The molecular formula is C21H23NO3S. The van der Waals surface area contributed by atoms with E-state index >= 15 is 0 Å². The second kappa shape index (κ2) is 7.08. The summed E-state index contributed by atoms with van der Waals surface area (Å²) in [6, 6.07) is 15.4. The van der Waals surface area contributed by atoms with Gasteiger partial charge < -0.3 is 0 Å². The molecule has 1 amide bonds. The van der Waals surface area contributed by atoms with E-state index in [4.69, 9.17) is 0 Å². The molecule has 0 N–H and O–H groups in total. The van der Waals surface area contributed by atoms with E-state index in [1.807, 2.05) is 63.3 Å². The molecule has 1 fully saturated rings. The highest BCUT2D eigenvalue weighted by Crippen LogP contribution is 2.44. The molecule has 0 bridgehead atoms. The van der Waals surface area contributed by atoms with Crippen LogP contribution in [0.4, 0.5) is 0 Å². The van der Waals surface area contributed by atoms with Crippen molar-refractivity contribution in [3.05, 3.63) is 77.9 Å². The molecule has 0 spiro atoms. The molecule has 1 aliphatic heterocycles. The molecule has 4 nitrogen and oxygen atoms in total. The second-order valence-corrected chi connectivity index (χ2v) is 8.78. The first-order chi connectivity index (χ1) is 12.3. The van der Waals surface area contributed by atoms with Crippen molar-refractivity contribution in [2.24, 2.45) is 11.8 Å². The first kappa shape index (κ1) is 18.4. The molecule has 0 unspecified atom stereocenters. The molecule has 2 aromatic carbocycles. The Kier molecular flexibility index (Phi) is 5.01. The number of benzene rings is 2. The Hall–Kier alpha value is -2.40. The zero-order valence-corrected chi connectivity index (χ0v) is 16.0. The van der Waals surface area contributed by atoms with E-state index in [0.717, 1.165) is 15.4 Å². The maximum Gasteiger partial charge on any atom is 0.267 e. The van der Waals surface area contributed by atoms with Crippen LogP contribution in [0, 0.1) is 18.8 Å². The highest BCUT2D eigenvalue weighted by atomic mass is 32.2. The van der Waals surface area contributed by atoms with E-state index in [2.05, 4.69) is 0 Å². The van der Waals surface area contributed by atoms with Crippen molar-refractivity contribution in [1.82, 2.24) is 4.31 Å². The molecule has 2 atom stereocenters. The van der Waals surface area contributed by atoms with E-state index < -0.39 is 22.0 Å². The Labute approximate surface area is 155 Å². The van der Waals surface area contributed by atoms with Gasteiger partial charge in [-0.25, -0.2) is 12.7 Å². The van der Waals surface area contributed by atoms with Gasteiger partial charge in [-0.15, -0.1) is 0 Å². The number of β-lactam (4-membered cyclic amide) rings is 1. The zero-order valence-electron chi connectivity index (χ0n) is 15.2. The third kappa shape index (κ3) is 3.31. The van der Waals surface area contributed by atoms with Gasteiger partial charge in [-0.3, -0.25) is 4.79 Å². The van der Waals surface area contributed by atoms with E-state index in [0.29, 0.717) is 5.92 Å². The van der Waals surface area contributed by atoms with Crippen LogP contribution < -0.4 is 0 Å². The van der Waals surface area contributed by atoms with Gasteiger partial charge in [-0.2, -0.15) is 0 Å². The summed E-state index contributed by atoms with van der Waals surface area (Å²) in [5, 5.41) is 0. The van der Waals surface area contributed by atoms with Crippen LogP contribution in [-0.2, 0) is 14.8 Å². The minimum Gasteiger partial charge on any atom is -0.273 e. The van der Waals surface area contributed by atoms with E-state index in [-0.39, 0.29) is 10.8 Å². The highest BCUT2D eigenvalue weighted by molar-refractivity contribution is 7.89. The minimum atomic E-state index is -3.89. The Morgan fingerprint density at radius 1 is 1.00 bits per heavy atom. The van der Waals surface area contributed by atoms with Crippen molar-refractivity contribution in [3.8, 4) is 0 Å². The number of carbonyl (C=O) groups excluding carboxylic acids is 1. The standard InChI is InChI=1S/C21H23NO3S/c1-15(2)9-14-19-20(17-7-5-4-6-8-17)22(21(19)23)26(24,25)18-12-10-16(3)11-13-18/h4-15,19-20H,1-3H3/b14-9+/t19-,20-/m0/s1. The van der Waals surface area contributed by atoms with Crippen molar-refractivity contribution in [1.29, 1.82) is 0 Å². The average Bonchev–Trinajstić information content (AvgIpc) is 2.60. The minimum absolute atomic E-state index is 0.142. The number of sulfonamides is 1. The van der Waals surface area contributed by atoms with Crippen molar-refractivity contribution in [2.75, 3.05) is 0 Å². The first-order valence-electron chi connectivity index (χ1n) is 8.70. The molecule has 0 aliphatic carbocycles. The summed E-state index contributed by atoms with van der Waals surface area (Å²) in [6.45, 7) is 5.95. The van der Waals surface area contributed by atoms with Crippen LogP contribution in [0.3, 0.4) is 0 Å². The summed E-state index contributed by atoms with van der Waals surface area (Å²) < 4.78 is 27.2. The molecule has 0 saturated carbocycles. The highest BCUT2D eigenvalue weighted by Gasteiger charge is 2.53. The SMILES string of the molecule is Cc1ccc(S(=O)(=O)N2C(=O)[C@@H](/C=C/C(C)C)[C@@H]2c2ccccc2)cc1. The average molecular weight is 369 g/mol. The van der Waals surface area contributed by atoms with Crippen molar-refractivity contribution in [3.63, 3.8) is 0 Å². The van der Waals surface area contributed by atoms with Gasteiger partial charge in [-0.1, -0.05) is 74.0 Å².